The monoisotopic (exact) mass is 201 g/mol. The molecule has 0 aromatic carbocycles. The van der Waals surface area contributed by atoms with Crippen LogP contribution in [0.5, 0.6) is 0 Å². The van der Waals surface area contributed by atoms with E-state index in [2.05, 4.69) is 5.53 Å². The first-order valence-corrected chi connectivity index (χ1v) is 4.02. The van der Waals surface area contributed by atoms with Crippen molar-refractivity contribution >= 4 is 12.0 Å². The lowest BCUT2D eigenvalue weighted by atomic mass is 10.4. The van der Waals surface area contributed by atoms with Crippen LogP contribution in [-0.2, 0) is 4.79 Å². The minimum atomic E-state index is -1.16. The Balaban J connectivity index is 2.82. The number of hydrogen-bond acceptors (Lipinski definition) is 4. The van der Waals surface area contributed by atoms with Gasteiger partial charge in [-0.25, -0.2) is 14.6 Å². The number of rotatable bonds is 3. The van der Waals surface area contributed by atoms with E-state index in [0.29, 0.717) is 5.42 Å². The van der Waals surface area contributed by atoms with Crippen molar-refractivity contribution < 1.29 is 16.1 Å². The first kappa shape index (κ1) is 8.97. The van der Waals surface area contributed by atoms with E-state index in [1.807, 2.05) is 0 Å². The maximum Gasteiger partial charge on any atom is 0.352 e. The molecule has 2 amide bonds. The van der Waals surface area contributed by atoms with E-state index < -0.39 is 12.0 Å². The molecular weight excluding hydrogens is 188 g/mol. The summed E-state index contributed by atoms with van der Waals surface area (Å²) >= 11 is 0. The molecule has 0 aliphatic carbocycles. The van der Waals surface area contributed by atoms with Crippen LogP contribution >= 0.6 is 0 Å². The molecule has 7 nitrogen and oxygen atoms in total. The zero-order valence-electron chi connectivity index (χ0n) is 8.84. The third kappa shape index (κ3) is 2.21. The maximum atomic E-state index is 11.3. The van der Waals surface area contributed by atoms with E-state index in [4.69, 9.17) is 6.52 Å². The van der Waals surface area contributed by atoms with Crippen LogP contribution in [0, 0.1) is 0 Å². The molecule has 0 bridgehead atoms. The van der Waals surface area contributed by atoms with Gasteiger partial charge in [-0.2, -0.15) is 0 Å². The Labute approximate surface area is 82.3 Å². The molecule has 0 spiro atoms. The van der Waals surface area contributed by atoms with Gasteiger partial charge in [-0.1, -0.05) is 0 Å². The van der Waals surface area contributed by atoms with Gasteiger partial charge in [0.1, 0.15) is 0 Å². The van der Waals surface area contributed by atoms with Crippen LogP contribution in [0.4, 0.5) is 4.79 Å². The summed E-state index contributed by atoms with van der Waals surface area (Å²) in [6.45, 7) is 3.59. The normalized spacial score (nSPS) is 19.9. The zero-order valence-corrected chi connectivity index (χ0v) is 7.84. The van der Waals surface area contributed by atoms with E-state index in [-0.39, 0.29) is 6.04 Å². The summed E-state index contributed by atoms with van der Waals surface area (Å²) in [5, 5.41) is 10.8. The molecule has 3 N–H and O–H groups in total. The third-order valence-corrected chi connectivity index (χ3v) is 1.52. The Bertz CT molecular complexity index is 307. The van der Waals surface area contributed by atoms with Gasteiger partial charge in [0, 0.05) is 18.3 Å². The number of carbonyl (C=O) groups excluding carboxylic acids is 1. The first-order valence-electron chi connectivity index (χ1n) is 4.47. The van der Waals surface area contributed by atoms with Gasteiger partial charge < -0.3 is 5.11 Å². The van der Waals surface area contributed by atoms with Crippen molar-refractivity contribution in [1.82, 2.24) is 21.1 Å². The smallest absolute Gasteiger partial charge is 0.352 e. The largest absolute Gasteiger partial charge is 0.478 e. The van der Waals surface area contributed by atoms with Crippen LogP contribution in [0.15, 0.2) is 12.3 Å². The third-order valence-electron chi connectivity index (χ3n) is 1.52. The molecule has 1 aliphatic rings. The molecule has 1 heterocycles. The van der Waals surface area contributed by atoms with Gasteiger partial charge in [0.05, 0.1) is 0 Å². The number of amides is 2. The van der Waals surface area contributed by atoms with Crippen LogP contribution in [0.25, 0.3) is 0 Å². The lowest BCUT2D eigenvalue weighted by molar-refractivity contribution is -0.131. The minimum absolute atomic E-state index is 0.0947. The Hall–Kier alpha value is -1.60. The Kier molecular flexibility index (Phi) is 2.61. The topological polar surface area (TPSA) is 84.9 Å². The fourth-order valence-corrected chi connectivity index (χ4v) is 0.920. The highest BCUT2D eigenvalue weighted by molar-refractivity contribution is 5.81. The highest BCUT2D eigenvalue weighted by atomic mass is 16.4. The number of carbonyl (C=O) groups is 2. The van der Waals surface area contributed by atoms with Gasteiger partial charge in [0.2, 0.25) is 0 Å². The van der Waals surface area contributed by atoms with Crippen molar-refractivity contribution in [3.05, 3.63) is 12.3 Å². The molecule has 0 atom stereocenters. The quantitative estimate of drug-likeness (QED) is 0.544. The highest BCUT2D eigenvalue weighted by Crippen LogP contribution is 2.06. The fourth-order valence-electron chi connectivity index (χ4n) is 0.920. The minimum Gasteiger partial charge on any atom is -0.478 e. The summed E-state index contributed by atoms with van der Waals surface area (Å²) in [5.41, 5.74) is 2.96. The lowest BCUT2D eigenvalue weighted by Crippen LogP contribution is -2.45. The van der Waals surface area contributed by atoms with Crippen molar-refractivity contribution in [2.24, 2.45) is 0 Å². The zero-order chi connectivity index (χ0) is 11.6. The van der Waals surface area contributed by atoms with Crippen LogP contribution in [0.3, 0.4) is 0 Å². The predicted molar refractivity (Wildman–Crippen MR) is 47.3 cm³/mol. The number of aliphatic carboxylic acids is 1. The molecule has 0 aromatic rings. The number of nitrogens with one attached hydrogen (secondary N) is 2. The molecule has 0 saturated carbocycles. The van der Waals surface area contributed by atoms with Gasteiger partial charge >= 0.3 is 12.0 Å². The summed E-state index contributed by atoms with van der Waals surface area (Å²) in [6, 6.07) is -0.760. The van der Waals surface area contributed by atoms with Gasteiger partial charge in [-0.15, -0.1) is 10.7 Å². The van der Waals surface area contributed by atoms with Gasteiger partial charge in [0.25, 0.3) is 0 Å². The molecule has 14 heavy (non-hydrogen) atoms. The number of hydrogen-bond donors (Lipinski definition) is 3. The number of carboxylic acid groups (broad SMARTS) is 1. The Morgan fingerprint density at radius 1 is 1.71 bits per heavy atom. The molecule has 1 saturated heterocycles. The molecule has 0 unspecified atom stereocenters. The van der Waals surface area contributed by atoms with Gasteiger partial charge in [0.15, 0.2) is 1.41 Å². The second kappa shape index (κ2) is 4.07. The number of hydrazine groups is 3. The molecule has 78 valence electrons. The van der Waals surface area contributed by atoms with E-state index in [0.717, 1.165) is 17.3 Å². The van der Waals surface area contributed by atoms with Crippen LogP contribution in [0.1, 0.15) is 13.8 Å². The number of carboxylic acids is 1. The van der Waals surface area contributed by atoms with Gasteiger partial charge in [-0.3, -0.25) is 5.42 Å². The van der Waals surface area contributed by atoms with Crippen molar-refractivity contribution in [2.45, 2.75) is 19.9 Å². The molecule has 0 aromatic heterocycles. The predicted octanol–water partition coefficient (Wildman–Crippen LogP) is -0.345. The summed E-state index contributed by atoms with van der Waals surface area (Å²) < 4.78 is 7.19. The standard InChI is InChI=1S/C7H12N4O3/c1-5(2)11-9-8-7(14)10(11)4-3-6(12)13/h3-5,9H,1-2H3,(H,8,14)(H,12,13)/b4-3+/i/hD. The summed E-state index contributed by atoms with van der Waals surface area (Å²) in [6.07, 6.45) is 1.92. The average Bonchev–Trinajstić information content (AvgIpc) is 2.41. The highest BCUT2D eigenvalue weighted by Gasteiger charge is 2.28. The van der Waals surface area contributed by atoms with Crippen molar-refractivity contribution in [2.75, 3.05) is 0 Å². The second-order valence-electron chi connectivity index (χ2n) is 2.93. The molecular formula is C7H12N4O3. The van der Waals surface area contributed by atoms with Crippen LogP contribution < -0.4 is 11.0 Å². The van der Waals surface area contributed by atoms with Gasteiger partial charge in [-0.05, 0) is 13.8 Å². The average molecular weight is 201 g/mol. The summed E-state index contributed by atoms with van der Waals surface area (Å²) in [7, 11) is 0. The van der Waals surface area contributed by atoms with Crippen molar-refractivity contribution in [3.63, 3.8) is 0 Å². The van der Waals surface area contributed by atoms with E-state index in [1.54, 1.807) is 13.8 Å². The van der Waals surface area contributed by atoms with E-state index in [9.17, 15) is 9.59 Å². The van der Waals surface area contributed by atoms with Crippen LogP contribution in [-0.4, -0.2) is 33.3 Å². The Morgan fingerprint density at radius 2 is 2.36 bits per heavy atom. The lowest BCUT2D eigenvalue weighted by Gasteiger charge is -2.24. The number of nitrogens with zero attached hydrogens (tertiary/aromatic N) is 2. The molecule has 1 fully saturated rings. The van der Waals surface area contributed by atoms with E-state index in [1.165, 1.54) is 5.12 Å². The molecule has 1 rings (SSSR count). The molecule has 1 aliphatic heterocycles. The fraction of sp³-hybridized carbons (Fsp3) is 0.429. The summed E-state index contributed by atoms with van der Waals surface area (Å²) in [4.78, 5) is 21.6. The summed E-state index contributed by atoms with van der Waals surface area (Å²) in [5.74, 6) is -1.16. The van der Waals surface area contributed by atoms with Crippen molar-refractivity contribution in [3.8, 4) is 0 Å². The number of urea groups is 1. The second-order valence-corrected chi connectivity index (χ2v) is 2.93. The van der Waals surface area contributed by atoms with E-state index >= 15 is 0 Å². The maximum absolute atomic E-state index is 11.3. The SMILES string of the molecule is [2H]N1NN(C(C)C)N(/C=C/C(=O)O)C1=O. The Morgan fingerprint density at radius 3 is 2.86 bits per heavy atom. The van der Waals surface area contributed by atoms with Crippen molar-refractivity contribution in [1.29, 1.82) is 0 Å². The van der Waals surface area contributed by atoms with Crippen LogP contribution in [0.2, 0.25) is 1.41 Å². The first-order chi connectivity index (χ1) is 6.93. The molecule has 0 radical (unpaired) electrons. The molecule has 7 heteroatoms.